The van der Waals surface area contributed by atoms with E-state index in [1.807, 2.05) is 73.2 Å². The van der Waals surface area contributed by atoms with Crippen molar-refractivity contribution in [1.82, 2.24) is 0 Å². The smallest absolute Gasteiger partial charge is 0.118 e. The summed E-state index contributed by atoms with van der Waals surface area (Å²) in [6.45, 7) is 0. The molecule has 1 unspecified atom stereocenters. The van der Waals surface area contributed by atoms with Crippen molar-refractivity contribution in [3.63, 3.8) is 0 Å². The van der Waals surface area contributed by atoms with Crippen LogP contribution in [0, 0.1) is 0 Å². The molecule has 1 N–H and O–H groups in total. The van der Waals surface area contributed by atoms with Gasteiger partial charge in [0.05, 0.1) is 7.11 Å². The normalized spacial score (nSPS) is 13.2. The second-order valence-corrected chi connectivity index (χ2v) is 7.14. The fraction of sp³-hybridized carbons (Fsp3) is 0.263. The Morgan fingerprint density at radius 2 is 1.65 bits per heavy atom. The molecule has 0 saturated carbocycles. The minimum absolute atomic E-state index is 0.519. The van der Waals surface area contributed by atoms with Crippen LogP contribution in [0.1, 0.15) is 11.1 Å². The molecule has 0 radical (unpaired) electrons. The van der Waals surface area contributed by atoms with Crippen LogP contribution in [-0.2, 0) is 12.0 Å². The minimum Gasteiger partial charge on any atom is -0.497 e. The molecular weight excluding hydrogens is 324 g/mol. The van der Waals surface area contributed by atoms with Crippen LogP contribution >= 0.6 is 23.5 Å². The van der Waals surface area contributed by atoms with Crippen molar-refractivity contribution in [1.29, 1.82) is 0 Å². The summed E-state index contributed by atoms with van der Waals surface area (Å²) in [6, 6.07) is 17.7. The van der Waals surface area contributed by atoms with Gasteiger partial charge in [-0.05, 0) is 41.8 Å². The van der Waals surface area contributed by atoms with Crippen LogP contribution in [0.2, 0.25) is 0 Å². The number of aliphatic hydroxyl groups is 1. The second kappa shape index (κ2) is 8.48. The van der Waals surface area contributed by atoms with E-state index in [0.717, 1.165) is 21.1 Å². The second-order valence-electron chi connectivity index (χ2n) is 5.19. The molecule has 23 heavy (non-hydrogen) atoms. The van der Waals surface area contributed by atoms with Crippen LogP contribution in [0.15, 0.2) is 64.9 Å². The summed E-state index contributed by atoms with van der Waals surface area (Å²) in [5, 5.41) is 11.4. The largest absolute Gasteiger partial charge is 0.497 e. The van der Waals surface area contributed by atoms with Crippen LogP contribution < -0.4 is 4.74 Å². The van der Waals surface area contributed by atoms with Gasteiger partial charge in [0.2, 0.25) is 0 Å². The molecule has 122 valence electrons. The van der Waals surface area contributed by atoms with E-state index in [1.54, 1.807) is 30.6 Å². The van der Waals surface area contributed by atoms with Gasteiger partial charge in [-0.3, -0.25) is 0 Å². The van der Waals surface area contributed by atoms with Crippen molar-refractivity contribution in [2.45, 2.75) is 12.0 Å². The highest BCUT2D eigenvalue weighted by atomic mass is 32.2. The quantitative estimate of drug-likeness (QED) is 0.787. The maximum atomic E-state index is 11.4. The summed E-state index contributed by atoms with van der Waals surface area (Å²) in [7, 11) is 1.65. The Morgan fingerprint density at radius 1 is 1.04 bits per heavy atom. The van der Waals surface area contributed by atoms with E-state index >= 15 is 0 Å². The fourth-order valence-corrected chi connectivity index (χ4v) is 3.71. The number of methoxy groups -OCH3 is 1. The van der Waals surface area contributed by atoms with Gasteiger partial charge in [0.25, 0.3) is 0 Å². The van der Waals surface area contributed by atoms with E-state index in [2.05, 4.69) is 0 Å². The van der Waals surface area contributed by atoms with Crippen LogP contribution in [0.4, 0.5) is 0 Å². The van der Waals surface area contributed by atoms with E-state index < -0.39 is 5.60 Å². The zero-order valence-electron chi connectivity index (χ0n) is 13.7. The van der Waals surface area contributed by atoms with Gasteiger partial charge in [-0.15, -0.1) is 23.5 Å². The van der Waals surface area contributed by atoms with Crippen molar-refractivity contribution < 1.29 is 9.84 Å². The van der Waals surface area contributed by atoms with Crippen LogP contribution in [0.3, 0.4) is 0 Å². The Labute approximate surface area is 147 Å². The molecule has 0 aliphatic rings. The van der Waals surface area contributed by atoms with Crippen molar-refractivity contribution in [3.05, 3.63) is 76.0 Å². The van der Waals surface area contributed by atoms with Gasteiger partial charge >= 0.3 is 0 Å². The number of hydrogen-bond donors (Lipinski definition) is 1. The van der Waals surface area contributed by atoms with E-state index in [9.17, 15) is 5.11 Å². The number of rotatable bonds is 7. The molecule has 0 saturated heterocycles. The lowest BCUT2D eigenvalue weighted by molar-refractivity contribution is 0.0899. The molecule has 0 heterocycles. The predicted molar refractivity (Wildman–Crippen MR) is 102 cm³/mol. The molecule has 2 aromatic carbocycles. The maximum Gasteiger partial charge on any atom is 0.118 e. The van der Waals surface area contributed by atoms with Crippen LogP contribution in [-0.4, -0.2) is 24.7 Å². The molecule has 4 heteroatoms. The van der Waals surface area contributed by atoms with Gasteiger partial charge < -0.3 is 9.84 Å². The van der Waals surface area contributed by atoms with Crippen molar-refractivity contribution >= 4 is 23.5 Å². The number of thioether (sulfide) groups is 2. The van der Waals surface area contributed by atoms with Gasteiger partial charge in [-0.25, -0.2) is 0 Å². The number of benzene rings is 2. The molecule has 0 spiro atoms. The maximum absolute atomic E-state index is 11.4. The van der Waals surface area contributed by atoms with E-state index in [4.69, 9.17) is 4.74 Å². The van der Waals surface area contributed by atoms with Gasteiger partial charge in [0, 0.05) is 10.7 Å². The summed E-state index contributed by atoms with van der Waals surface area (Å²) in [6.07, 6.45) is 6.54. The van der Waals surface area contributed by atoms with Gasteiger partial charge in [0.15, 0.2) is 0 Å². The average Bonchev–Trinajstić information content (AvgIpc) is 2.61. The Kier molecular flexibility index (Phi) is 6.63. The van der Waals surface area contributed by atoms with Gasteiger partial charge in [-0.2, -0.15) is 0 Å². The zero-order chi connectivity index (χ0) is 16.7. The summed E-state index contributed by atoms with van der Waals surface area (Å²) < 4.78 is 6.30. The molecule has 0 amide bonds. The van der Waals surface area contributed by atoms with E-state index in [-0.39, 0.29) is 0 Å². The Morgan fingerprint density at radius 3 is 2.17 bits per heavy atom. The van der Waals surface area contributed by atoms with Crippen molar-refractivity contribution in [2.24, 2.45) is 0 Å². The lowest BCUT2D eigenvalue weighted by atomic mass is 9.87. The monoisotopic (exact) mass is 346 g/mol. The number of hydrogen-bond acceptors (Lipinski definition) is 4. The first-order valence-corrected chi connectivity index (χ1v) is 9.78. The van der Waals surface area contributed by atoms with Crippen molar-refractivity contribution in [3.8, 4) is 5.75 Å². The minimum atomic E-state index is -1.03. The first-order chi connectivity index (χ1) is 11.1. The van der Waals surface area contributed by atoms with E-state index in [0.29, 0.717) is 6.42 Å². The topological polar surface area (TPSA) is 29.5 Å². The summed E-state index contributed by atoms with van der Waals surface area (Å²) in [4.78, 5) is 0. The average molecular weight is 347 g/mol. The molecular formula is C19H22O2S2. The highest BCUT2D eigenvalue weighted by molar-refractivity contribution is 8.21. The number of ether oxygens (including phenoxy) is 1. The molecule has 1 atom stereocenters. The highest BCUT2D eigenvalue weighted by Crippen LogP contribution is 2.34. The Hall–Kier alpha value is -1.36. The first-order valence-electron chi connectivity index (χ1n) is 7.33. The van der Waals surface area contributed by atoms with Gasteiger partial charge in [-0.1, -0.05) is 42.5 Å². The fourth-order valence-electron chi connectivity index (χ4n) is 2.41. The Bertz CT molecular complexity index is 632. The van der Waals surface area contributed by atoms with Crippen molar-refractivity contribution in [2.75, 3.05) is 19.6 Å². The molecule has 0 fully saturated rings. The summed E-state index contributed by atoms with van der Waals surface area (Å²) in [5.41, 5.74) is 0.934. The van der Waals surface area contributed by atoms with Gasteiger partial charge in [0.1, 0.15) is 11.4 Å². The zero-order valence-corrected chi connectivity index (χ0v) is 15.3. The standard InChI is InChI=1S/C19H22O2S2/c1-21-17-11-9-15(10-12-17)13-19(20,14-18(22-2)23-3)16-7-5-4-6-8-16/h4-12,14,20H,13H2,1-3H3. The summed E-state index contributed by atoms with van der Waals surface area (Å²) >= 11 is 3.30. The SMILES string of the molecule is COc1ccc(CC(O)(C=C(SC)SC)c2ccccc2)cc1. The third kappa shape index (κ3) is 4.80. The van der Waals surface area contributed by atoms with Crippen LogP contribution in [0.5, 0.6) is 5.75 Å². The first kappa shape index (κ1) is 18.0. The summed E-state index contributed by atoms with van der Waals surface area (Å²) in [5.74, 6) is 0.821. The third-order valence-electron chi connectivity index (χ3n) is 3.67. The lowest BCUT2D eigenvalue weighted by Gasteiger charge is -2.26. The molecule has 0 bridgehead atoms. The van der Waals surface area contributed by atoms with E-state index in [1.165, 1.54) is 0 Å². The Balaban J connectivity index is 2.38. The molecule has 2 rings (SSSR count). The van der Waals surface area contributed by atoms with Crippen LogP contribution in [0.25, 0.3) is 0 Å². The molecule has 2 nitrogen and oxygen atoms in total. The molecule has 2 aromatic rings. The highest BCUT2D eigenvalue weighted by Gasteiger charge is 2.27. The molecule has 0 aliphatic heterocycles. The lowest BCUT2D eigenvalue weighted by Crippen LogP contribution is -2.26. The predicted octanol–water partition coefficient (Wildman–Crippen LogP) is 4.69. The molecule has 0 aliphatic carbocycles. The third-order valence-corrected chi connectivity index (χ3v) is 5.71. The molecule has 0 aromatic heterocycles.